The highest BCUT2D eigenvalue weighted by molar-refractivity contribution is 7.10. The van der Waals surface area contributed by atoms with E-state index in [0.29, 0.717) is 12.3 Å². The number of amides is 2. The Morgan fingerprint density at radius 2 is 1.72 bits per heavy atom. The van der Waals surface area contributed by atoms with E-state index < -0.39 is 6.04 Å². The number of ether oxygens (including phenoxy) is 2. The van der Waals surface area contributed by atoms with Crippen LogP contribution in [0.4, 0.5) is 0 Å². The summed E-state index contributed by atoms with van der Waals surface area (Å²) in [4.78, 5) is 30.4. The van der Waals surface area contributed by atoms with Crippen molar-refractivity contribution >= 4 is 23.2 Å². The van der Waals surface area contributed by atoms with Gasteiger partial charge in [0, 0.05) is 17.5 Å². The number of rotatable bonds is 10. The van der Waals surface area contributed by atoms with Crippen LogP contribution in [-0.2, 0) is 22.6 Å². The molecule has 1 aliphatic rings. The van der Waals surface area contributed by atoms with E-state index in [1.165, 1.54) is 6.42 Å². The molecule has 190 valence electrons. The van der Waals surface area contributed by atoms with Gasteiger partial charge < -0.3 is 19.7 Å². The van der Waals surface area contributed by atoms with E-state index in [1.807, 2.05) is 66.0 Å². The SMILES string of the molecule is COc1ccc(CN(C(=O)Cc2cccs2)[C@@H](C(=O)NC2CCCCC2)c2cccc(OC)c2)cc1. The monoisotopic (exact) mass is 506 g/mol. The second-order valence-corrected chi connectivity index (χ2v) is 10.2. The van der Waals surface area contributed by atoms with Gasteiger partial charge in [0.15, 0.2) is 0 Å². The van der Waals surface area contributed by atoms with Gasteiger partial charge in [-0.25, -0.2) is 0 Å². The van der Waals surface area contributed by atoms with Crippen LogP contribution in [0.15, 0.2) is 66.0 Å². The van der Waals surface area contributed by atoms with Crippen LogP contribution < -0.4 is 14.8 Å². The largest absolute Gasteiger partial charge is 0.497 e. The van der Waals surface area contributed by atoms with Crippen molar-refractivity contribution < 1.29 is 19.1 Å². The molecule has 0 unspecified atom stereocenters. The minimum Gasteiger partial charge on any atom is -0.497 e. The molecule has 0 saturated heterocycles. The second-order valence-electron chi connectivity index (χ2n) is 9.15. The maximum Gasteiger partial charge on any atom is 0.247 e. The summed E-state index contributed by atoms with van der Waals surface area (Å²) in [5, 5.41) is 5.23. The zero-order valence-electron chi connectivity index (χ0n) is 20.9. The third-order valence-corrected chi connectivity index (χ3v) is 7.54. The summed E-state index contributed by atoms with van der Waals surface area (Å²) < 4.78 is 10.8. The van der Waals surface area contributed by atoms with E-state index in [0.717, 1.165) is 47.4 Å². The van der Waals surface area contributed by atoms with Crippen molar-refractivity contribution in [3.63, 3.8) is 0 Å². The Morgan fingerprint density at radius 1 is 0.972 bits per heavy atom. The number of hydrogen-bond donors (Lipinski definition) is 1. The van der Waals surface area contributed by atoms with Crippen LogP contribution in [0, 0.1) is 0 Å². The first-order valence-corrected chi connectivity index (χ1v) is 13.3. The van der Waals surface area contributed by atoms with Crippen molar-refractivity contribution in [2.45, 2.75) is 57.2 Å². The van der Waals surface area contributed by atoms with Crippen LogP contribution in [0.3, 0.4) is 0 Å². The topological polar surface area (TPSA) is 67.9 Å². The number of thiophene rings is 1. The summed E-state index contributed by atoms with van der Waals surface area (Å²) in [6.45, 7) is 0.300. The fourth-order valence-corrected chi connectivity index (χ4v) is 5.42. The molecule has 1 saturated carbocycles. The Balaban J connectivity index is 1.70. The lowest BCUT2D eigenvalue weighted by molar-refractivity contribution is -0.141. The number of benzene rings is 2. The molecule has 1 aromatic heterocycles. The third kappa shape index (κ3) is 6.66. The molecule has 1 N–H and O–H groups in total. The first kappa shape index (κ1) is 25.8. The van der Waals surface area contributed by atoms with Crippen molar-refractivity contribution in [1.29, 1.82) is 0 Å². The Labute approximate surface area is 217 Å². The summed E-state index contributed by atoms with van der Waals surface area (Å²) in [6.07, 6.45) is 5.61. The van der Waals surface area contributed by atoms with Gasteiger partial charge >= 0.3 is 0 Å². The Hall–Kier alpha value is -3.32. The van der Waals surface area contributed by atoms with Crippen molar-refractivity contribution in [3.8, 4) is 11.5 Å². The van der Waals surface area contributed by atoms with E-state index in [-0.39, 0.29) is 24.3 Å². The molecule has 0 bridgehead atoms. The molecule has 4 rings (SSSR count). The van der Waals surface area contributed by atoms with Gasteiger partial charge in [0.2, 0.25) is 11.8 Å². The minimum atomic E-state index is -0.781. The molecule has 0 radical (unpaired) electrons. The van der Waals surface area contributed by atoms with E-state index >= 15 is 0 Å². The lowest BCUT2D eigenvalue weighted by atomic mass is 9.94. The minimum absolute atomic E-state index is 0.0973. The molecular formula is C29H34N2O4S. The molecule has 1 fully saturated rings. The molecule has 36 heavy (non-hydrogen) atoms. The number of carbonyl (C=O) groups is 2. The summed E-state index contributed by atoms with van der Waals surface area (Å²) in [5.41, 5.74) is 1.66. The molecule has 1 aliphatic carbocycles. The van der Waals surface area contributed by atoms with Gasteiger partial charge in [-0.2, -0.15) is 0 Å². The lowest BCUT2D eigenvalue weighted by Gasteiger charge is -2.33. The lowest BCUT2D eigenvalue weighted by Crippen LogP contribution is -2.47. The van der Waals surface area contributed by atoms with Crippen molar-refractivity contribution in [2.75, 3.05) is 14.2 Å². The van der Waals surface area contributed by atoms with Crippen LogP contribution >= 0.6 is 11.3 Å². The second kappa shape index (κ2) is 12.6. The van der Waals surface area contributed by atoms with Gasteiger partial charge in [-0.3, -0.25) is 9.59 Å². The third-order valence-electron chi connectivity index (χ3n) is 6.66. The van der Waals surface area contributed by atoms with Crippen LogP contribution in [0.25, 0.3) is 0 Å². The number of nitrogens with zero attached hydrogens (tertiary/aromatic N) is 1. The Bertz CT molecular complexity index is 1120. The normalized spacial score (nSPS) is 14.6. The van der Waals surface area contributed by atoms with Gasteiger partial charge in [0.25, 0.3) is 0 Å². The summed E-state index contributed by atoms with van der Waals surface area (Å²) in [6, 6.07) is 18.3. The molecular weight excluding hydrogens is 472 g/mol. The first-order chi connectivity index (χ1) is 17.6. The van der Waals surface area contributed by atoms with E-state index in [9.17, 15) is 9.59 Å². The zero-order chi connectivity index (χ0) is 25.3. The van der Waals surface area contributed by atoms with Crippen LogP contribution in [0.5, 0.6) is 11.5 Å². The number of methoxy groups -OCH3 is 2. The average Bonchev–Trinajstić information content (AvgIpc) is 3.42. The summed E-state index contributed by atoms with van der Waals surface area (Å²) >= 11 is 1.55. The summed E-state index contributed by atoms with van der Waals surface area (Å²) in [7, 11) is 3.23. The quantitative estimate of drug-likeness (QED) is 0.393. The van der Waals surface area contributed by atoms with Crippen LogP contribution in [-0.4, -0.2) is 37.0 Å². The predicted octanol–water partition coefficient (Wildman–Crippen LogP) is 5.53. The Morgan fingerprint density at radius 3 is 2.39 bits per heavy atom. The highest BCUT2D eigenvalue weighted by Crippen LogP contribution is 2.29. The number of nitrogens with one attached hydrogen (secondary N) is 1. The number of hydrogen-bond acceptors (Lipinski definition) is 5. The molecule has 1 atom stereocenters. The predicted molar refractivity (Wildman–Crippen MR) is 142 cm³/mol. The smallest absolute Gasteiger partial charge is 0.247 e. The molecule has 0 spiro atoms. The summed E-state index contributed by atoms with van der Waals surface area (Å²) in [5.74, 6) is 1.15. The van der Waals surface area contributed by atoms with Crippen molar-refractivity contribution in [3.05, 3.63) is 82.0 Å². The Kier molecular flexibility index (Phi) is 9.01. The van der Waals surface area contributed by atoms with E-state index in [2.05, 4.69) is 5.32 Å². The first-order valence-electron chi connectivity index (χ1n) is 12.5. The van der Waals surface area contributed by atoms with Gasteiger partial charge in [-0.15, -0.1) is 11.3 Å². The number of carbonyl (C=O) groups excluding carboxylic acids is 2. The fraction of sp³-hybridized carbons (Fsp3) is 0.379. The van der Waals surface area contributed by atoms with Gasteiger partial charge in [-0.1, -0.05) is 49.6 Å². The maximum absolute atomic E-state index is 13.9. The molecule has 0 aliphatic heterocycles. The maximum atomic E-state index is 13.9. The molecule has 3 aromatic rings. The van der Waals surface area contributed by atoms with Crippen LogP contribution in [0.2, 0.25) is 0 Å². The molecule has 2 amide bonds. The highest BCUT2D eigenvalue weighted by Gasteiger charge is 2.33. The zero-order valence-corrected chi connectivity index (χ0v) is 21.8. The average molecular weight is 507 g/mol. The van der Waals surface area contributed by atoms with E-state index in [1.54, 1.807) is 30.5 Å². The van der Waals surface area contributed by atoms with Gasteiger partial charge in [0.05, 0.1) is 20.6 Å². The molecule has 2 aromatic carbocycles. The highest BCUT2D eigenvalue weighted by atomic mass is 32.1. The molecule has 1 heterocycles. The van der Waals surface area contributed by atoms with Crippen molar-refractivity contribution in [1.82, 2.24) is 10.2 Å². The standard InChI is InChI=1S/C29H34N2O4S/c1-34-24-15-13-21(14-16-24)20-31(27(32)19-26-12-7-17-36-26)28(22-8-6-11-25(18-22)35-2)29(33)30-23-9-4-3-5-10-23/h6-8,11-18,23,28H,3-5,9-10,19-20H2,1-2H3,(H,30,33)/t28-/m1/s1. The van der Waals surface area contributed by atoms with Gasteiger partial charge in [0.1, 0.15) is 17.5 Å². The van der Waals surface area contributed by atoms with Crippen molar-refractivity contribution in [2.24, 2.45) is 0 Å². The van der Waals surface area contributed by atoms with Gasteiger partial charge in [-0.05, 0) is 59.7 Å². The van der Waals surface area contributed by atoms with Crippen LogP contribution in [0.1, 0.15) is 54.1 Å². The van der Waals surface area contributed by atoms with E-state index in [4.69, 9.17) is 9.47 Å². The molecule has 7 heteroatoms. The molecule has 6 nitrogen and oxygen atoms in total. The fourth-order valence-electron chi connectivity index (χ4n) is 4.73.